The molecule has 2 heterocycles. The highest BCUT2D eigenvalue weighted by Crippen LogP contribution is 2.23. The zero-order chi connectivity index (χ0) is 16.2. The molecule has 1 fully saturated rings. The van der Waals surface area contributed by atoms with Gasteiger partial charge in [-0.05, 0) is 48.6 Å². The highest BCUT2D eigenvalue weighted by atomic mass is 35.5. The number of carbonyl (C=O) groups excluding carboxylic acids is 2. The first kappa shape index (κ1) is 16.2. The van der Waals surface area contributed by atoms with Crippen molar-refractivity contribution in [3.8, 4) is 0 Å². The number of thiophene rings is 1. The average molecular weight is 348 g/mol. The third kappa shape index (κ3) is 4.01. The highest BCUT2D eigenvalue weighted by Gasteiger charge is 2.29. The predicted octanol–water partition coefficient (Wildman–Crippen LogP) is 4.07. The summed E-state index contributed by atoms with van der Waals surface area (Å²) in [4.78, 5) is 27.9. The van der Waals surface area contributed by atoms with Crippen molar-refractivity contribution in [3.63, 3.8) is 0 Å². The summed E-state index contributed by atoms with van der Waals surface area (Å²) in [5, 5.41) is 2.60. The summed E-state index contributed by atoms with van der Waals surface area (Å²) in [5.41, 5.74) is 0.673. The van der Waals surface area contributed by atoms with Crippen LogP contribution in [-0.4, -0.2) is 29.7 Å². The number of likely N-dealkylation sites (tertiary alicyclic amines) is 1. The Labute approximate surface area is 144 Å². The van der Waals surface area contributed by atoms with Gasteiger partial charge in [-0.2, -0.15) is 0 Å². The molecular formula is C18H18ClNO2S. The van der Waals surface area contributed by atoms with Crippen molar-refractivity contribution in [1.29, 1.82) is 0 Å². The van der Waals surface area contributed by atoms with Gasteiger partial charge in [-0.3, -0.25) is 9.59 Å². The van der Waals surface area contributed by atoms with Crippen LogP contribution in [0, 0.1) is 5.92 Å². The van der Waals surface area contributed by atoms with Gasteiger partial charge in [0.15, 0.2) is 5.78 Å². The predicted molar refractivity (Wildman–Crippen MR) is 93.1 cm³/mol. The number of halogens is 1. The lowest BCUT2D eigenvalue weighted by Crippen LogP contribution is -2.43. The zero-order valence-electron chi connectivity index (χ0n) is 12.7. The molecule has 1 aromatic carbocycles. The maximum absolute atomic E-state index is 12.6. The molecule has 1 unspecified atom stereocenters. The van der Waals surface area contributed by atoms with E-state index in [0.29, 0.717) is 23.6 Å². The van der Waals surface area contributed by atoms with Crippen molar-refractivity contribution in [2.45, 2.75) is 19.3 Å². The van der Waals surface area contributed by atoms with E-state index in [0.717, 1.165) is 24.3 Å². The number of rotatable bonds is 4. The van der Waals surface area contributed by atoms with Gasteiger partial charge >= 0.3 is 0 Å². The van der Waals surface area contributed by atoms with E-state index in [1.165, 1.54) is 0 Å². The first-order chi connectivity index (χ1) is 11.1. The number of nitrogens with zero attached hydrogens (tertiary/aromatic N) is 1. The van der Waals surface area contributed by atoms with E-state index in [4.69, 9.17) is 11.6 Å². The van der Waals surface area contributed by atoms with Crippen LogP contribution >= 0.6 is 22.9 Å². The Morgan fingerprint density at radius 1 is 1.22 bits per heavy atom. The summed E-state index contributed by atoms with van der Waals surface area (Å²) >= 11 is 7.46. The minimum absolute atomic E-state index is 0.107. The van der Waals surface area contributed by atoms with Crippen LogP contribution in [0.5, 0.6) is 0 Å². The Kier molecular flexibility index (Phi) is 5.13. The molecule has 1 saturated heterocycles. The molecule has 5 heteroatoms. The SMILES string of the molecule is O=C(c1ccc(Cl)cc1)C1CCCN(C(=O)Cc2cccs2)C1. The first-order valence-corrected chi connectivity index (χ1v) is 8.99. The minimum Gasteiger partial charge on any atom is -0.342 e. The fourth-order valence-corrected chi connectivity index (χ4v) is 3.76. The van der Waals surface area contributed by atoms with E-state index in [9.17, 15) is 9.59 Å². The van der Waals surface area contributed by atoms with Crippen LogP contribution in [-0.2, 0) is 11.2 Å². The largest absolute Gasteiger partial charge is 0.342 e. The molecule has 3 nitrogen and oxygen atoms in total. The number of piperidine rings is 1. The number of benzene rings is 1. The summed E-state index contributed by atoms with van der Waals surface area (Å²) in [6.07, 6.45) is 2.14. The lowest BCUT2D eigenvalue weighted by molar-refractivity contribution is -0.131. The van der Waals surface area contributed by atoms with Gasteiger partial charge in [0.05, 0.1) is 6.42 Å². The van der Waals surface area contributed by atoms with Gasteiger partial charge in [-0.1, -0.05) is 17.7 Å². The number of Topliss-reactive ketones (excluding diaryl/α,β-unsaturated/α-hetero) is 1. The molecule has 1 aliphatic heterocycles. The molecule has 0 radical (unpaired) electrons. The van der Waals surface area contributed by atoms with Crippen molar-refractivity contribution in [2.75, 3.05) is 13.1 Å². The molecule has 23 heavy (non-hydrogen) atoms. The van der Waals surface area contributed by atoms with Crippen LogP contribution < -0.4 is 0 Å². The molecule has 1 aromatic heterocycles. The number of ketones is 1. The van der Waals surface area contributed by atoms with Crippen LogP contribution in [0.25, 0.3) is 0 Å². The molecule has 0 spiro atoms. The van der Waals surface area contributed by atoms with Crippen LogP contribution in [0.2, 0.25) is 5.02 Å². The quantitative estimate of drug-likeness (QED) is 0.782. The smallest absolute Gasteiger partial charge is 0.227 e. The van der Waals surface area contributed by atoms with E-state index in [1.54, 1.807) is 35.6 Å². The van der Waals surface area contributed by atoms with Gasteiger partial charge in [0.25, 0.3) is 0 Å². The Morgan fingerprint density at radius 2 is 2.00 bits per heavy atom. The van der Waals surface area contributed by atoms with Crippen LogP contribution in [0.4, 0.5) is 0 Å². The molecule has 2 aromatic rings. The molecule has 0 aliphatic carbocycles. The molecule has 0 saturated carbocycles. The lowest BCUT2D eigenvalue weighted by Gasteiger charge is -2.32. The topological polar surface area (TPSA) is 37.4 Å². The molecule has 120 valence electrons. The summed E-state index contributed by atoms with van der Waals surface area (Å²) in [6.45, 7) is 1.26. The van der Waals surface area contributed by atoms with Gasteiger partial charge in [0, 0.05) is 34.5 Å². The maximum Gasteiger partial charge on any atom is 0.227 e. The van der Waals surface area contributed by atoms with E-state index in [1.807, 2.05) is 22.4 Å². The first-order valence-electron chi connectivity index (χ1n) is 7.73. The Morgan fingerprint density at radius 3 is 2.70 bits per heavy atom. The van der Waals surface area contributed by atoms with E-state index < -0.39 is 0 Å². The third-order valence-corrected chi connectivity index (χ3v) is 5.31. The summed E-state index contributed by atoms with van der Waals surface area (Å²) < 4.78 is 0. The van der Waals surface area contributed by atoms with Crippen molar-refractivity contribution < 1.29 is 9.59 Å². The fraction of sp³-hybridized carbons (Fsp3) is 0.333. The molecule has 3 rings (SSSR count). The van der Waals surface area contributed by atoms with Crippen molar-refractivity contribution in [1.82, 2.24) is 4.90 Å². The molecular weight excluding hydrogens is 330 g/mol. The van der Waals surface area contributed by atoms with E-state index in [-0.39, 0.29) is 17.6 Å². The zero-order valence-corrected chi connectivity index (χ0v) is 14.3. The lowest BCUT2D eigenvalue weighted by atomic mass is 9.90. The Hall–Kier alpha value is -1.65. The second-order valence-corrected chi connectivity index (χ2v) is 7.27. The maximum atomic E-state index is 12.6. The minimum atomic E-state index is -0.114. The Balaban J connectivity index is 1.64. The van der Waals surface area contributed by atoms with Crippen molar-refractivity contribution >= 4 is 34.6 Å². The van der Waals surface area contributed by atoms with Gasteiger partial charge in [0.2, 0.25) is 5.91 Å². The van der Waals surface area contributed by atoms with Crippen LogP contribution in [0.15, 0.2) is 41.8 Å². The summed E-state index contributed by atoms with van der Waals surface area (Å²) in [7, 11) is 0. The number of hydrogen-bond donors (Lipinski definition) is 0. The average Bonchev–Trinajstić information content (AvgIpc) is 3.08. The third-order valence-electron chi connectivity index (χ3n) is 4.18. The molecule has 1 atom stereocenters. The summed E-state index contributed by atoms with van der Waals surface area (Å²) in [5.74, 6) is 0.105. The Bertz CT molecular complexity index is 682. The van der Waals surface area contributed by atoms with Crippen LogP contribution in [0.3, 0.4) is 0 Å². The second kappa shape index (κ2) is 7.28. The summed E-state index contributed by atoms with van der Waals surface area (Å²) in [6, 6.07) is 10.9. The molecule has 0 bridgehead atoms. The second-order valence-electron chi connectivity index (χ2n) is 5.81. The number of hydrogen-bond acceptors (Lipinski definition) is 3. The van der Waals surface area contributed by atoms with Crippen molar-refractivity contribution in [2.24, 2.45) is 5.92 Å². The normalized spacial score (nSPS) is 18.0. The van der Waals surface area contributed by atoms with Gasteiger partial charge in [0.1, 0.15) is 0 Å². The van der Waals surface area contributed by atoms with E-state index in [2.05, 4.69) is 0 Å². The van der Waals surface area contributed by atoms with E-state index >= 15 is 0 Å². The van der Waals surface area contributed by atoms with Gasteiger partial charge in [-0.25, -0.2) is 0 Å². The number of carbonyl (C=O) groups is 2. The molecule has 1 amide bonds. The fourth-order valence-electron chi connectivity index (χ4n) is 2.94. The number of amides is 1. The van der Waals surface area contributed by atoms with Crippen LogP contribution in [0.1, 0.15) is 28.1 Å². The molecule has 0 N–H and O–H groups in total. The monoisotopic (exact) mass is 347 g/mol. The van der Waals surface area contributed by atoms with Crippen molar-refractivity contribution in [3.05, 3.63) is 57.2 Å². The highest BCUT2D eigenvalue weighted by molar-refractivity contribution is 7.10. The van der Waals surface area contributed by atoms with Gasteiger partial charge < -0.3 is 4.90 Å². The standard InChI is InChI=1S/C18H18ClNO2S/c19-15-7-5-13(6-8-15)18(22)14-3-1-9-20(12-14)17(21)11-16-4-2-10-23-16/h2,4-8,10,14H,1,3,9,11-12H2. The van der Waals surface area contributed by atoms with Gasteiger partial charge in [-0.15, -0.1) is 11.3 Å². The molecule has 1 aliphatic rings.